The fourth-order valence-corrected chi connectivity index (χ4v) is 15.1. The van der Waals surface area contributed by atoms with Gasteiger partial charge in [0.25, 0.3) is 0 Å². The molecule has 4 aromatic heterocycles. The monoisotopic (exact) mass is 1200 g/mol. The molecular formula is C90H60N4. The number of aromatic nitrogens is 4. The lowest BCUT2D eigenvalue weighted by Gasteiger charge is -2.15. The molecule has 4 nitrogen and oxygen atoms in total. The molecule has 0 aliphatic heterocycles. The van der Waals surface area contributed by atoms with Gasteiger partial charge in [0.15, 0.2) is 0 Å². The fourth-order valence-electron chi connectivity index (χ4n) is 15.1. The van der Waals surface area contributed by atoms with Crippen LogP contribution in [0.4, 0.5) is 0 Å². The average molecular weight is 1200 g/mol. The molecule has 19 rings (SSSR count). The third-order valence-corrected chi connectivity index (χ3v) is 19.0. The molecule has 0 saturated carbocycles. The molecular weight excluding hydrogens is 1140 g/mol. The van der Waals surface area contributed by atoms with Crippen LogP contribution < -0.4 is 0 Å². The zero-order valence-corrected chi connectivity index (χ0v) is 51.4. The van der Waals surface area contributed by atoms with Crippen LogP contribution in [-0.2, 0) is 0 Å². The molecule has 94 heavy (non-hydrogen) atoms. The first-order chi connectivity index (χ1) is 46.7. The van der Waals surface area contributed by atoms with Crippen LogP contribution in [0.1, 0.15) is 0 Å². The van der Waals surface area contributed by atoms with Gasteiger partial charge in [-0.3, -0.25) is 0 Å². The van der Waals surface area contributed by atoms with Gasteiger partial charge in [-0.05, 0) is 153 Å². The number of fused-ring (bicyclic) bond motifs is 12. The maximum atomic E-state index is 2.45. The third-order valence-electron chi connectivity index (χ3n) is 19.0. The Balaban J connectivity index is 0.000000139. The van der Waals surface area contributed by atoms with E-state index in [1.54, 1.807) is 0 Å². The summed E-state index contributed by atoms with van der Waals surface area (Å²) >= 11 is 0. The van der Waals surface area contributed by atoms with Gasteiger partial charge in [0.1, 0.15) is 0 Å². The van der Waals surface area contributed by atoms with Crippen molar-refractivity contribution in [1.82, 2.24) is 18.3 Å². The first kappa shape index (κ1) is 54.4. The molecule has 0 N–H and O–H groups in total. The second-order valence-corrected chi connectivity index (χ2v) is 24.3. The summed E-state index contributed by atoms with van der Waals surface area (Å²) in [7, 11) is 0. The first-order valence-electron chi connectivity index (χ1n) is 32.3. The van der Waals surface area contributed by atoms with Crippen molar-refractivity contribution >= 4 is 87.2 Å². The van der Waals surface area contributed by atoms with E-state index in [2.05, 4.69) is 382 Å². The third kappa shape index (κ3) is 8.91. The van der Waals surface area contributed by atoms with Crippen molar-refractivity contribution in [1.29, 1.82) is 0 Å². The average Bonchev–Trinajstić information content (AvgIpc) is 1.58. The van der Waals surface area contributed by atoms with Gasteiger partial charge in [-0.2, -0.15) is 0 Å². The summed E-state index contributed by atoms with van der Waals surface area (Å²) in [5.41, 5.74) is 26.6. The van der Waals surface area contributed by atoms with Crippen molar-refractivity contribution in [2.75, 3.05) is 0 Å². The second kappa shape index (κ2) is 22.8. The number of benzene rings is 15. The van der Waals surface area contributed by atoms with E-state index < -0.39 is 0 Å². The summed E-state index contributed by atoms with van der Waals surface area (Å²) in [4.78, 5) is 0. The van der Waals surface area contributed by atoms with E-state index in [4.69, 9.17) is 0 Å². The van der Waals surface area contributed by atoms with E-state index in [0.717, 1.165) is 11.4 Å². The largest absolute Gasteiger partial charge is 0.309 e. The number of hydrogen-bond acceptors (Lipinski definition) is 0. The maximum absolute atomic E-state index is 2.45. The second-order valence-electron chi connectivity index (χ2n) is 24.3. The van der Waals surface area contributed by atoms with Gasteiger partial charge in [0.2, 0.25) is 0 Å². The highest BCUT2D eigenvalue weighted by Gasteiger charge is 2.24. The van der Waals surface area contributed by atoms with Gasteiger partial charge < -0.3 is 18.3 Å². The molecule has 15 aromatic carbocycles. The van der Waals surface area contributed by atoms with E-state index in [1.807, 2.05) is 0 Å². The minimum absolute atomic E-state index is 1.14. The molecule has 19 aromatic rings. The number of hydrogen-bond donors (Lipinski definition) is 0. The molecule has 0 aliphatic rings. The Morgan fingerprint density at radius 3 is 0.787 bits per heavy atom. The summed E-state index contributed by atoms with van der Waals surface area (Å²) in [6.45, 7) is 0. The Hall–Kier alpha value is -12.5. The van der Waals surface area contributed by atoms with E-state index in [9.17, 15) is 0 Å². The molecule has 0 amide bonds. The molecule has 0 unspecified atom stereocenters. The van der Waals surface area contributed by atoms with Crippen molar-refractivity contribution in [2.24, 2.45) is 0 Å². The van der Waals surface area contributed by atoms with Crippen LogP contribution in [-0.4, -0.2) is 18.3 Å². The van der Waals surface area contributed by atoms with Gasteiger partial charge in [-0.15, -0.1) is 0 Å². The zero-order valence-electron chi connectivity index (χ0n) is 51.4. The summed E-state index contributed by atoms with van der Waals surface area (Å²) in [5.74, 6) is 0. The Kier molecular flexibility index (Phi) is 13.2. The number of para-hydroxylation sites is 6. The standard InChI is InChI=1S/C48H32N2.C42H28N2/c1-4-16-33(17-5-1)37-31-30-36(32-42(37)34-18-6-2-7-19-34)50-44-27-13-11-23-41(44)48-39(25-15-29-46(48)50)38-24-14-28-45-47(38)40-22-10-12-26-43(40)49(45)35-20-8-3-9-21-35;1-3-14-29(15-4-1)30-16-11-19-32(28-30)44-38-25-10-8-21-36(38)42-34(23-13-27-40(42)44)33-22-12-26-39-41(33)35-20-7-9-24-37(35)43(39)31-17-5-2-6-18-31/h1-32H;1-28H. The first-order valence-corrected chi connectivity index (χ1v) is 32.3. The van der Waals surface area contributed by atoms with E-state index in [1.165, 1.54) is 154 Å². The van der Waals surface area contributed by atoms with Crippen LogP contribution >= 0.6 is 0 Å². The lowest BCUT2D eigenvalue weighted by molar-refractivity contribution is 1.18. The SMILES string of the molecule is c1ccc(-c2ccc(-n3c4ccccc4c4c(-c5cccc6c5c5ccccc5n6-c5ccccc5)cccc43)cc2-c2ccccc2)cc1.c1ccc(-c2cccc(-n3c4ccccc4c4c(-c5cccc6c5c5ccccc5n6-c5ccccc5)cccc43)c2)cc1. The van der Waals surface area contributed by atoms with Crippen LogP contribution in [0.2, 0.25) is 0 Å². The molecule has 0 radical (unpaired) electrons. The summed E-state index contributed by atoms with van der Waals surface area (Å²) in [6.07, 6.45) is 0. The van der Waals surface area contributed by atoms with Crippen molar-refractivity contribution in [3.8, 4) is 78.4 Å². The smallest absolute Gasteiger partial charge is 0.0547 e. The molecule has 4 heteroatoms. The predicted octanol–water partition coefficient (Wildman–Crippen LogP) is 24.1. The summed E-state index contributed by atoms with van der Waals surface area (Å²) in [6, 6.07) is 132. The van der Waals surface area contributed by atoms with E-state index in [-0.39, 0.29) is 0 Å². The molecule has 0 atom stereocenters. The fraction of sp³-hybridized carbons (Fsp3) is 0. The zero-order chi connectivity index (χ0) is 62.1. The van der Waals surface area contributed by atoms with Crippen molar-refractivity contribution < 1.29 is 0 Å². The Labute approximate surface area is 544 Å². The minimum atomic E-state index is 1.14. The molecule has 440 valence electrons. The quantitative estimate of drug-likeness (QED) is 0.137. The molecule has 0 fully saturated rings. The van der Waals surface area contributed by atoms with Gasteiger partial charge in [-0.25, -0.2) is 0 Å². The van der Waals surface area contributed by atoms with Gasteiger partial charge >= 0.3 is 0 Å². The van der Waals surface area contributed by atoms with Crippen LogP contribution in [0.25, 0.3) is 166 Å². The molecule has 0 aliphatic carbocycles. The Morgan fingerprint density at radius 2 is 0.404 bits per heavy atom. The maximum Gasteiger partial charge on any atom is 0.0547 e. The molecule has 4 heterocycles. The lowest BCUT2D eigenvalue weighted by Crippen LogP contribution is -1.96. The van der Waals surface area contributed by atoms with Crippen molar-refractivity contribution in [3.05, 3.63) is 364 Å². The highest BCUT2D eigenvalue weighted by molar-refractivity contribution is 6.24. The molecule has 0 saturated heterocycles. The highest BCUT2D eigenvalue weighted by Crippen LogP contribution is 2.47. The van der Waals surface area contributed by atoms with Crippen LogP contribution in [0.15, 0.2) is 364 Å². The van der Waals surface area contributed by atoms with Gasteiger partial charge in [0.05, 0.1) is 44.1 Å². The van der Waals surface area contributed by atoms with E-state index in [0.29, 0.717) is 0 Å². The molecule has 0 spiro atoms. The molecule has 0 bridgehead atoms. The lowest BCUT2D eigenvalue weighted by atomic mass is 9.94. The van der Waals surface area contributed by atoms with Crippen molar-refractivity contribution in [3.63, 3.8) is 0 Å². The topological polar surface area (TPSA) is 19.7 Å². The van der Waals surface area contributed by atoms with Gasteiger partial charge in [0, 0.05) is 65.8 Å². The van der Waals surface area contributed by atoms with Crippen LogP contribution in [0, 0.1) is 0 Å². The minimum Gasteiger partial charge on any atom is -0.309 e. The summed E-state index contributed by atoms with van der Waals surface area (Å²) in [5, 5.41) is 10.1. The van der Waals surface area contributed by atoms with E-state index >= 15 is 0 Å². The Bertz CT molecular complexity index is 6070. The summed E-state index contributed by atoms with van der Waals surface area (Å²) < 4.78 is 9.67. The predicted molar refractivity (Wildman–Crippen MR) is 397 cm³/mol. The number of nitrogens with zero attached hydrogens (tertiary/aromatic N) is 4. The van der Waals surface area contributed by atoms with Crippen LogP contribution in [0.3, 0.4) is 0 Å². The Morgan fingerprint density at radius 1 is 0.138 bits per heavy atom. The highest BCUT2D eigenvalue weighted by atomic mass is 15.0. The normalized spacial score (nSPS) is 11.6. The number of rotatable bonds is 9. The van der Waals surface area contributed by atoms with Gasteiger partial charge in [-0.1, -0.05) is 267 Å². The van der Waals surface area contributed by atoms with Crippen molar-refractivity contribution in [2.45, 2.75) is 0 Å². The van der Waals surface area contributed by atoms with Crippen LogP contribution in [0.5, 0.6) is 0 Å².